The molecule has 64 heavy (non-hydrogen) atoms. The molecule has 0 saturated heterocycles. The van der Waals surface area contributed by atoms with E-state index in [0.29, 0.717) is 41.6 Å². The molecule has 0 bridgehead atoms. The molecule has 0 radical (unpaired) electrons. The molecular weight excluding hydrogens is 805 g/mol. The van der Waals surface area contributed by atoms with Gasteiger partial charge in [0.2, 0.25) is 0 Å². The van der Waals surface area contributed by atoms with Crippen LogP contribution in [-0.2, 0) is 26.3 Å². The molecule has 9 rings (SSSR count). The summed E-state index contributed by atoms with van der Waals surface area (Å²) in [4.78, 5) is 30.5. The van der Waals surface area contributed by atoms with E-state index in [0.717, 1.165) is 71.0 Å². The van der Waals surface area contributed by atoms with Crippen LogP contribution in [0.15, 0.2) is 158 Å². The number of imidazole rings is 1. The Morgan fingerprint density at radius 3 is 1.92 bits per heavy atom. The molecule has 0 spiro atoms. The Balaban J connectivity index is 1.01. The average Bonchev–Trinajstić information content (AvgIpc) is 3.97. The van der Waals surface area contributed by atoms with E-state index in [-0.39, 0.29) is 19.3 Å². The zero-order chi connectivity index (χ0) is 43.7. The summed E-state index contributed by atoms with van der Waals surface area (Å²) in [6.07, 6.45) is 4.04. The number of hydrogen-bond donors (Lipinski definition) is 0. The number of fused-ring (bicyclic) bond motifs is 1. The summed E-state index contributed by atoms with van der Waals surface area (Å²) in [6, 6.07) is 53.1. The van der Waals surface area contributed by atoms with Crippen LogP contribution in [0.1, 0.15) is 71.6 Å². The molecular formula is C52H48N6O6. The van der Waals surface area contributed by atoms with Crippen LogP contribution in [0.25, 0.3) is 33.5 Å². The third-order valence-corrected chi connectivity index (χ3v) is 11.7. The van der Waals surface area contributed by atoms with Gasteiger partial charge in [0.25, 0.3) is 6.01 Å². The fraction of sp³-hybridized carbons (Fsp3) is 0.231. The number of rotatable bonds is 15. The minimum atomic E-state index is -0.910. The molecule has 1 fully saturated rings. The standard InChI is InChI=1S/C52H48N6O6/c1-2-61-50-53-46-29-17-28-45(49(59)62-34-35-63-51(60)64-42-24-13-6-14-25-42)47(46)57(50)36-37-30-32-38(33-31-37)43-26-15-16-27-44(43)48-54-55-56-58(48)52(39-18-7-3-8-19-39,40-20-9-4-10-21-40)41-22-11-5-12-23-41/h3-5,7-12,15-23,26-33,42H,2,6,13-14,24-25,34-36H2,1H3. The van der Waals surface area contributed by atoms with Crippen molar-refractivity contribution in [3.05, 3.63) is 186 Å². The zero-order valence-electron chi connectivity index (χ0n) is 35.6. The first-order chi connectivity index (χ1) is 31.5. The number of aromatic nitrogens is 6. The summed E-state index contributed by atoms with van der Waals surface area (Å²) in [5.74, 6) is 0.0389. The van der Waals surface area contributed by atoms with E-state index in [1.54, 1.807) is 12.1 Å². The van der Waals surface area contributed by atoms with Crippen LogP contribution < -0.4 is 4.74 Å². The summed E-state index contributed by atoms with van der Waals surface area (Å²) < 4.78 is 26.1. The first-order valence-electron chi connectivity index (χ1n) is 21.8. The summed E-state index contributed by atoms with van der Waals surface area (Å²) >= 11 is 0. The second-order valence-corrected chi connectivity index (χ2v) is 15.7. The van der Waals surface area contributed by atoms with Gasteiger partial charge < -0.3 is 18.9 Å². The Morgan fingerprint density at radius 2 is 1.28 bits per heavy atom. The van der Waals surface area contributed by atoms with Crippen molar-refractivity contribution >= 4 is 23.2 Å². The van der Waals surface area contributed by atoms with Gasteiger partial charge >= 0.3 is 12.1 Å². The molecule has 1 aliphatic rings. The maximum atomic E-state index is 13.6. The number of carbonyl (C=O) groups is 2. The van der Waals surface area contributed by atoms with Crippen LogP contribution >= 0.6 is 0 Å². The Bertz CT molecular complexity index is 2720. The van der Waals surface area contributed by atoms with Gasteiger partial charge in [-0.05, 0) is 88.5 Å². The number of ether oxygens (including phenoxy) is 4. The quantitative estimate of drug-likeness (QED) is 0.0558. The first kappa shape index (κ1) is 41.7. The topological polar surface area (TPSA) is 132 Å². The molecule has 0 aliphatic heterocycles. The Labute approximate surface area is 371 Å². The average molecular weight is 853 g/mol. The molecule has 322 valence electrons. The normalized spacial score (nSPS) is 13.1. The van der Waals surface area contributed by atoms with Crippen molar-refractivity contribution in [3.63, 3.8) is 0 Å². The van der Waals surface area contributed by atoms with Crippen LogP contribution in [0.2, 0.25) is 0 Å². The number of esters is 1. The fourth-order valence-electron chi connectivity index (χ4n) is 8.79. The first-order valence-corrected chi connectivity index (χ1v) is 21.8. The van der Waals surface area contributed by atoms with Crippen LogP contribution in [0.4, 0.5) is 4.79 Å². The number of benzene rings is 6. The molecule has 8 aromatic rings. The molecule has 0 atom stereocenters. The maximum Gasteiger partial charge on any atom is 0.508 e. The van der Waals surface area contributed by atoms with Crippen molar-refractivity contribution in [1.29, 1.82) is 0 Å². The second-order valence-electron chi connectivity index (χ2n) is 15.7. The Morgan fingerprint density at radius 1 is 0.672 bits per heavy atom. The van der Waals surface area contributed by atoms with Crippen molar-refractivity contribution < 1.29 is 28.5 Å². The van der Waals surface area contributed by atoms with Crippen molar-refractivity contribution in [2.24, 2.45) is 0 Å². The summed E-state index contributed by atoms with van der Waals surface area (Å²) in [5, 5.41) is 13.8. The van der Waals surface area contributed by atoms with Gasteiger partial charge in [-0.3, -0.25) is 4.57 Å². The van der Waals surface area contributed by atoms with Crippen molar-refractivity contribution in [2.45, 2.75) is 57.2 Å². The lowest BCUT2D eigenvalue weighted by Crippen LogP contribution is -2.39. The van der Waals surface area contributed by atoms with Gasteiger partial charge in [0, 0.05) is 5.56 Å². The minimum Gasteiger partial charge on any atom is -0.465 e. The van der Waals surface area contributed by atoms with Gasteiger partial charge in [0.05, 0.1) is 29.7 Å². The third-order valence-electron chi connectivity index (χ3n) is 11.7. The van der Waals surface area contributed by atoms with Gasteiger partial charge in [-0.15, -0.1) is 5.10 Å². The summed E-state index contributed by atoms with van der Waals surface area (Å²) in [7, 11) is 0. The molecule has 2 heterocycles. The molecule has 2 aromatic heterocycles. The predicted molar refractivity (Wildman–Crippen MR) is 243 cm³/mol. The Kier molecular flexibility index (Phi) is 12.5. The van der Waals surface area contributed by atoms with E-state index in [4.69, 9.17) is 34.2 Å². The second kappa shape index (κ2) is 19.2. The predicted octanol–water partition coefficient (Wildman–Crippen LogP) is 10.3. The van der Waals surface area contributed by atoms with Crippen LogP contribution in [0.5, 0.6) is 6.01 Å². The lowest BCUT2D eigenvalue weighted by Gasteiger charge is -2.36. The van der Waals surface area contributed by atoms with Crippen LogP contribution in [-0.4, -0.2) is 67.8 Å². The van der Waals surface area contributed by atoms with Gasteiger partial charge in [-0.1, -0.05) is 152 Å². The lowest BCUT2D eigenvalue weighted by molar-refractivity contribution is -0.00178. The molecule has 12 nitrogen and oxygen atoms in total. The van der Waals surface area contributed by atoms with Crippen molar-refractivity contribution in [3.8, 4) is 28.5 Å². The fourth-order valence-corrected chi connectivity index (χ4v) is 8.79. The third kappa shape index (κ3) is 8.46. The molecule has 1 saturated carbocycles. The molecule has 12 heteroatoms. The highest BCUT2D eigenvalue weighted by Gasteiger charge is 2.42. The molecule has 6 aromatic carbocycles. The number of para-hydroxylation sites is 1. The Hall–Kier alpha value is -7.60. The molecule has 1 aliphatic carbocycles. The van der Waals surface area contributed by atoms with E-state index in [9.17, 15) is 9.59 Å². The molecule has 0 N–H and O–H groups in total. The van der Waals surface area contributed by atoms with Crippen LogP contribution in [0.3, 0.4) is 0 Å². The number of hydrogen-bond acceptors (Lipinski definition) is 10. The summed E-state index contributed by atoms with van der Waals surface area (Å²) in [5.41, 5.74) is 7.35. The van der Waals surface area contributed by atoms with Crippen LogP contribution in [0, 0.1) is 0 Å². The van der Waals surface area contributed by atoms with E-state index < -0.39 is 17.7 Å². The highest BCUT2D eigenvalue weighted by molar-refractivity contribution is 6.02. The highest BCUT2D eigenvalue weighted by atomic mass is 16.7. The van der Waals surface area contributed by atoms with E-state index in [2.05, 4.69) is 78.0 Å². The SMILES string of the molecule is CCOc1nc2cccc(C(=O)OCCOC(=O)OC3CCCCC3)c2n1Cc1ccc(-c2ccccc2-c2nnnn2C(c2ccccc2)(c2ccccc2)c2ccccc2)cc1. The van der Waals surface area contributed by atoms with Crippen molar-refractivity contribution in [1.82, 2.24) is 29.8 Å². The smallest absolute Gasteiger partial charge is 0.465 e. The summed E-state index contributed by atoms with van der Waals surface area (Å²) in [6.45, 7) is 2.40. The van der Waals surface area contributed by atoms with Gasteiger partial charge in [0.15, 0.2) is 5.82 Å². The van der Waals surface area contributed by atoms with Gasteiger partial charge in [-0.2, -0.15) is 4.98 Å². The highest BCUT2D eigenvalue weighted by Crippen LogP contribution is 2.43. The van der Waals surface area contributed by atoms with E-state index >= 15 is 0 Å². The number of nitrogens with zero attached hydrogens (tertiary/aromatic N) is 6. The van der Waals surface area contributed by atoms with E-state index in [1.807, 2.05) is 89.0 Å². The van der Waals surface area contributed by atoms with Gasteiger partial charge in [-0.25, -0.2) is 14.3 Å². The maximum absolute atomic E-state index is 13.6. The lowest BCUT2D eigenvalue weighted by atomic mass is 9.77. The molecule has 0 amide bonds. The van der Waals surface area contributed by atoms with Crippen molar-refractivity contribution in [2.75, 3.05) is 19.8 Å². The number of carbonyl (C=O) groups excluding carboxylic acids is 2. The largest absolute Gasteiger partial charge is 0.508 e. The zero-order valence-corrected chi connectivity index (χ0v) is 35.6. The van der Waals surface area contributed by atoms with E-state index in [1.165, 1.54) is 0 Å². The monoisotopic (exact) mass is 852 g/mol. The minimum absolute atomic E-state index is 0.116. The molecule has 0 unspecified atom stereocenters. The van der Waals surface area contributed by atoms with Gasteiger partial charge in [0.1, 0.15) is 24.9 Å². The number of tetrazole rings is 1.